The van der Waals surface area contributed by atoms with Crippen LogP contribution in [0.1, 0.15) is 5.56 Å². The van der Waals surface area contributed by atoms with E-state index in [0.29, 0.717) is 11.6 Å². The van der Waals surface area contributed by atoms with E-state index in [-0.39, 0.29) is 10.1 Å². The van der Waals surface area contributed by atoms with Gasteiger partial charge in [0.2, 0.25) is 0 Å². The smallest absolute Gasteiger partial charge is 0.173 e. The molecule has 0 N–H and O–H groups in total. The van der Waals surface area contributed by atoms with E-state index in [1.807, 2.05) is 0 Å². The van der Waals surface area contributed by atoms with Crippen molar-refractivity contribution in [3.8, 4) is 0 Å². The summed E-state index contributed by atoms with van der Waals surface area (Å²) in [4.78, 5) is 0. The van der Waals surface area contributed by atoms with Gasteiger partial charge in [-0.2, -0.15) is 8.78 Å². The highest BCUT2D eigenvalue weighted by molar-refractivity contribution is 6.58. The Balaban J connectivity index is 3.17. The Bertz CT molecular complexity index is 361. The number of halogens is 4. The summed E-state index contributed by atoms with van der Waals surface area (Å²) >= 11 is 11.0. The van der Waals surface area contributed by atoms with Gasteiger partial charge >= 0.3 is 0 Å². The van der Waals surface area contributed by atoms with E-state index in [9.17, 15) is 8.78 Å². The molecule has 4 heteroatoms. The number of hydrogen-bond acceptors (Lipinski definition) is 0. The molecule has 1 aromatic rings. The highest BCUT2D eigenvalue weighted by Crippen LogP contribution is 2.26. The minimum absolute atomic E-state index is 0.119. The average Bonchev–Trinajstić information content (AvgIpc) is 2.15. The molecule has 0 nitrogen and oxygen atoms in total. The molecule has 0 aromatic heterocycles. The molecule has 74 valence electrons. The predicted octanol–water partition coefficient (Wildman–Crippen LogP) is 4.61. The van der Waals surface area contributed by atoms with Crippen LogP contribution >= 0.6 is 23.2 Å². The van der Waals surface area contributed by atoms with Crippen molar-refractivity contribution >= 4 is 28.8 Å². The number of hydrogen-bond donors (Lipinski definition) is 0. The summed E-state index contributed by atoms with van der Waals surface area (Å²) in [5.74, 6) is 0. The van der Waals surface area contributed by atoms with Crippen LogP contribution in [0.25, 0.3) is 5.57 Å². The lowest BCUT2D eigenvalue weighted by molar-refractivity contribution is 0.422. The summed E-state index contributed by atoms with van der Waals surface area (Å²) in [7, 11) is 0. The molecule has 0 aliphatic rings. The van der Waals surface area contributed by atoms with Crippen LogP contribution in [0, 0.1) is 0 Å². The van der Waals surface area contributed by atoms with Crippen molar-refractivity contribution in [1.29, 1.82) is 0 Å². The van der Waals surface area contributed by atoms with Crippen LogP contribution in [-0.2, 0) is 0 Å². The second kappa shape index (κ2) is 5.13. The van der Waals surface area contributed by atoms with Crippen LogP contribution in [0.3, 0.4) is 0 Å². The molecule has 14 heavy (non-hydrogen) atoms. The molecule has 0 spiro atoms. The lowest BCUT2D eigenvalue weighted by atomic mass is 10.1. The van der Waals surface area contributed by atoms with Gasteiger partial charge < -0.3 is 0 Å². The highest BCUT2D eigenvalue weighted by Gasteiger charge is 2.04. The molecular weight excluding hydrogens is 229 g/mol. The van der Waals surface area contributed by atoms with Gasteiger partial charge in [-0.3, -0.25) is 0 Å². The second-order valence-electron chi connectivity index (χ2n) is 2.47. The van der Waals surface area contributed by atoms with Crippen molar-refractivity contribution in [1.82, 2.24) is 0 Å². The SMILES string of the molecule is FC(F)=CC(=C(Cl)Cl)c1ccccc1. The van der Waals surface area contributed by atoms with E-state index in [0.717, 1.165) is 0 Å². The third-order valence-electron chi connectivity index (χ3n) is 1.54. The predicted molar refractivity (Wildman–Crippen MR) is 55.4 cm³/mol. The molecule has 0 radical (unpaired) electrons. The summed E-state index contributed by atoms with van der Waals surface area (Å²) in [5, 5.41) is 0. The molecule has 0 heterocycles. The van der Waals surface area contributed by atoms with Crippen molar-refractivity contribution in [2.45, 2.75) is 0 Å². The van der Waals surface area contributed by atoms with E-state index < -0.39 is 6.08 Å². The largest absolute Gasteiger partial charge is 0.271 e. The van der Waals surface area contributed by atoms with E-state index in [2.05, 4.69) is 0 Å². The fourth-order valence-electron chi connectivity index (χ4n) is 0.974. The standard InChI is InChI=1S/C10H6Cl2F2/c11-10(12)8(6-9(13)14)7-4-2-1-3-5-7/h1-6H. The first-order valence-electron chi connectivity index (χ1n) is 3.74. The molecule has 1 rings (SSSR count). The first kappa shape index (κ1) is 11.2. The molecule has 0 aliphatic carbocycles. The van der Waals surface area contributed by atoms with Gasteiger partial charge in [-0.05, 0) is 5.56 Å². The second-order valence-corrected chi connectivity index (χ2v) is 3.42. The first-order chi connectivity index (χ1) is 6.61. The maximum atomic E-state index is 12.0. The third-order valence-corrected chi connectivity index (χ3v) is 1.95. The highest BCUT2D eigenvalue weighted by atomic mass is 35.5. The van der Waals surface area contributed by atoms with Crippen LogP contribution < -0.4 is 0 Å². The zero-order valence-corrected chi connectivity index (χ0v) is 8.49. The van der Waals surface area contributed by atoms with Gasteiger partial charge in [0.05, 0.1) is 0 Å². The average molecular weight is 235 g/mol. The van der Waals surface area contributed by atoms with Crippen molar-refractivity contribution in [3.05, 3.63) is 52.5 Å². The van der Waals surface area contributed by atoms with Gasteiger partial charge in [0.25, 0.3) is 6.08 Å². The summed E-state index contributed by atoms with van der Waals surface area (Å²) in [6, 6.07) is 8.52. The topological polar surface area (TPSA) is 0 Å². The lowest BCUT2D eigenvalue weighted by Crippen LogP contribution is -1.81. The van der Waals surface area contributed by atoms with Gasteiger partial charge in [0.15, 0.2) is 0 Å². The first-order valence-corrected chi connectivity index (χ1v) is 4.50. The van der Waals surface area contributed by atoms with Gasteiger partial charge in [-0.1, -0.05) is 53.5 Å². The van der Waals surface area contributed by atoms with Gasteiger partial charge in [0, 0.05) is 11.6 Å². The zero-order valence-electron chi connectivity index (χ0n) is 6.98. The van der Waals surface area contributed by atoms with E-state index in [1.54, 1.807) is 30.3 Å². The molecule has 0 amide bonds. The maximum Gasteiger partial charge on any atom is 0.271 e. The van der Waals surface area contributed by atoms with Crippen LogP contribution in [-0.4, -0.2) is 0 Å². The van der Waals surface area contributed by atoms with E-state index >= 15 is 0 Å². The Morgan fingerprint density at radius 2 is 1.64 bits per heavy atom. The normalized spacial score (nSPS) is 9.43. The van der Waals surface area contributed by atoms with Gasteiger partial charge in [0.1, 0.15) is 4.49 Å². The van der Waals surface area contributed by atoms with Gasteiger partial charge in [-0.25, -0.2) is 0 Å². The molecule has 0 fully saturated rings. The number of rotatable bonds is 2. The van der Waals surface area contributed by atoms with Crippen molar-refractivity contribution in [2.75, 3.05) is 0 Å². The minimum atomic E-state index is -1.83. The van der Waals surface area contributed by atoms with Crippen LogP contribution in [0.2, 0.25) is 0 Å². The summed E-state index contributed by atoms with van der Waals surface area (Å²) < 4.78 is 23.9. The van der Waals surface area contributed by atoms with Gasteiger partial charge in [-0.15, -0.1) is 0 Å². The van der Waals surface area contributed by atoms with E-state index in [4.69, 9.17) is 23.2 Å². The molecule has 0 unspecified atom stereocenters. The van der Waals surface area contributed by atoms with Crippen LogP contribution in [0.15, 0.2) is 47.0 Å². The molecular formula is C10H6Cl2F2. The summed E-state index contributed by atoms with van der Waals surface area (Å²) in [5.41, 5.74) is 0.675. The lowest BCUT2D eigenvalue weighted by Gasteiger charge is -2.01. The minimum Gasteiger partial charge on any atom is -0.173 e. The fourth-order valence-corrected chi connectivity index (χ4v) is 1.30. The fraction of sp³-hybridized carbons (Fsp3) is 0. The number of allylic oxidation sites excluding steroid dienone is 2. The Morgan fingerprint density at radius 3 is 2.07 bits per heavy atom. The van der Waals surface area contributed by atoms with Crippen molar-refractivity contribution in [2.24, 2.45) is 0 Å². The summed E-state index contributed by atoms with van der Waals surface area (Å²) in [6.07, 6.45) is -1.19. The monoisotopic (exact) mass is 234 g/mol. The molecule has 0 saturated heterocycles. The Labute approximate surface area is 90.4 Å². The third kappa shape index (κ3) is 3.13. The summed E-state index contributed by atoms with van der Waals surface area (Å²) in [6.45, 7) is 0. The Morgan fingerprint density at radius 1 is 1.07 bits per heavy atom. The molecule has 0 atom stereocenters. The van der Waals surface area contributed by atoms with Crippen molar-refractivity contribution in [3.63, 3.8) is 0 Å². The zero-order chi connectivity index (χ0) is 10.6. The molecule has 0 bridgehead atoms. The molecule has 0 saturated carbocycles. The van der Waals surface area contributed by atoms with Crippen LogP contribution in [0.5, 0.6) is 0 Å². The van der Waals surface area contributed by atoms with Crippen molar-refractivity contribution < 1.29 is 8.78 Å². The Kier molecular flexibility index (Phi) is 4.11. The molecule has 1 aromatic carbocycles. The number of benzene rings is 1. The molecule has 0 aliphatic heterocycles. The van der Waals surface area contributed by atoms with Crippen LogP contribution in [0.4, 0.5) is 8.78 Å². The Hall–Kier alpha value is -0.860. The quantitative estimate of drug-likeness (QED) is 0.656. The maximum absolute atomic E-state index is 12.0. The van der Waals surface area contributed by atoms with E-state index in [1.165, 1.54) is 0 Å².